The van der Waals surface area contributed by atoms with Gasteiger partial charge in [-0.25, -0.2) is 0 Å². The Hall–Kier alpha value is -0.820. The van der Waals surface area contributed by atoms with Crippen molar-refractivity contribution in [3.05, 3.63) is 35.9 Å². The Morgan fingerprint density at radius 1 is 1.19 bits per heavy atom. The normalized spacial score (nSPS) is 20.9. The summed E-state index contributed by atoms with van der Waals surface area (Å²) in [5.74, 6) is 0.749. The van der Waals surface area contributed by atoms with Crippen molar-refractivity contribution < 1.29 is 5.11 Å². The average molecular weight is 218 g/mol. The van der Waals surface area contributed by atoms with Crippen LogP contribution in [-0.2, 0) is 6.42 Å². The molecule has 1 heteroatoms. The van der Waals surface area contributed by atoms with Crippen molar-refractivity contribution in [1.29, 1.82) is 0 Å². The highest BCUT2D eigenvalue weighted by atomic mass is 16.3. The minimum Gasteiger partial charge on any atom is -0.390 e. The second-order valence-corrected chi connectivity index (χ2v) is 5.51. The molecule has 0 amide bonds. The van der Waals surface area contributed by atoms with Gasteiger partial charge in [-0.1, -0.05) is 56.0 Å². The third-order valence-electron chi connectivity index (χ3n) is 3.63. The van der Waals surface area contributed by atoms with Gasteiger partial charge in [0.2, 0.25) is 0 Å². The molecule has 2 rings (SSSR count). The molecule has 0 aromatic heterocycles. The summed E-state index contributed by atoms with van der Waals surface area (Å²) in [5, 5.41) is 10.4. The van der Waals surface area contributed by atoms with Gasteiger partial charge >= 0.3 is 0 Å². The Balaban J connectivity index is 1.91. The summed E-state index contributed by atoms with van der Waals surface area (Å²) in [6.45, 7) is 1.98. The van der Waals surface area contributed by atoms with Gasteiger partial charge in [0.1, 0.15) is 0 Å². The number of aliphatic hydroxyl groups is 1. The van der Waals surface area contributed by atoms with E-state index in [1.807, 2.05) is 25.1 Å². The molecular weight excluding hydrogens is 196 g/mol. The lowest BCUT2D eigenvalue weighted by Crippen LogP contribution is -2.29. The quantitative estimate of drug-likeness (QED) is 0.819. The fourth-order valence-electron chi connectivity index (χ4n) is 2.94. The van der Waals surface area contributed by atoms with Crippen LogP contribution in [0.4, 0.5) is 0 Å². The molecule has 0 spiro atoms. The van der Waals surface area contributed by atoms with E-state index in [0.29, 0.717) is 0 Å². The molecule has 16 heavy (non-hydrogen) atoms. The zero-order valence-electron chi connectivity index (χ0n) is 10.2. The Bertz CT molecular complexity index is 309. The van der Waals surface area contributed by atoms with Gasteiger partial charge in [-0.05, 0) is 24.8 Å². The van der Waals surface area contributed by atoms with Crippen molar-refractivity contribution >= 4 is 0 Å². The van der Waals surface area contributed by atoms with E-state index >= 15 is 0 Å². The van der Waals surface area contributed by atoms with Crippen LogP contribution in [0.25, 0.3) is 0 Å². The molecule has 1 fully saturated rings. The van der Waals surface area contributed by atoms with Gasteiger partial charge in [-0.2, -0.15) is 0 Å². The SMILES string of the molecule is CC(O)(Cc1ccccc1)CC1CCCC1. The number of benzene rings is 1. The first-order chi connectivity index (χ1) is 7.66. The highest BCUT2D eigenvalue weighted by Crippen LogP contribution is 2.33. The summed E-state index contributed by atoms with van der Waals surface area (Å²) >= 11 is 0. The molecule has 1 nitrogen and oxygen atoms in total. The molecule has 1 saturated carbocycles. The zero-order valence-corrected chi connectivity index (χ0v) is 10.2. The maximum atomic E-state index is 10.4. The molecule has 0 saturated heterocycles. The van der Waals surface area contributed by atoms with E-state index < -0.39 is 5.60 Å². The van der Waals surface area contributed by atoms with E-state index in [0.717, 1.165) is 18.8 Å². The number of hydrogen-bond donors (Lipinski definition) is 1. The van der Waals surface area contributed by atoms with Crippen LogP contribution >= 0.6 is 0 Å². The second-order valence-electron chi connectivity index (χ2n) is 5.51. The van der Waals surface area contributed by atoms with E-state index in [2.05, 4.69) is 12.1 Å². The summed E-state index contributed by atoms with van der Waals surface area (Å²) in [7, 11) is 0. The van der Waals surface area contributed by atoms with Crippen LogP contribution in [0.2, 0.25) is 0 Å². The van der Waals surface area contributed by atoms with Gasteiger partial charge in [-0.3, -0.25) is 0 Å². The minimum absolute atomic E-state index is 0.531. The first-order valence-corrected chi connectivity index (χ1v) is 6.42. The first kappa shape index (κ1) is 11.7. The highest BCUT2D eigenvalue weighted by molar-refractivity contribution is 5.16. The van der Waals surface area contributed by atoms with Gasteiger partial charge < -0.3 is 5.11 Å². The standard InChI is InChI=1S/C15H22O/c1-15(16,12-14-9-5-6-10-14)11-13-7-3-2-4-8-13/h2-4,7-8,14,16H,5-6,9-12H2,1H3. The van der Waals surface area contributed by atoms with Crippen LogP contribution in [0, 0.1) is 5.92 Å². The molecule has 88 valence electrons. The van der Waals surface area contributed by atoms with Crippen LogP contribution in [0.5, 0.6) is 0 Å². The van der Waals surface area contributed by atoms with Crippen LogP contribution in [-0.4, -0.2) is 10.7 Å². The summed E-state index contributed by atoms with van der Waals surface area (Å²) in [5.41, 5.74) is 0.710. The Labute approximate surface area is 98.5 Å². The summed E-state index contributed by atoms with van der Waals surface area (Å²) < 4.78 is 0. The number of hydrogen-bond acceptors (Lipinski definition) is 1. The van der Waals surface area contributed by atoms with E-state index in [1.54, 1.807) is 0 Å². The molecule has 1 aliphatic rings. The van der Waals surface area contributed by atoms with Gasteiger partial charge in [0.05, 0.1) is 5.60 Å². The third-order valence-corrected chi connectivity index (χ3v) is 3.63. The maximum Gasteiger partial charge on any atom is 0.0662 e. The van der Waals surface area contributed by atoms with Gasteiger partial charge in [0, 0.05) is 6.42 Å². The van der Waals surface area contributed by atoms with Gasteiger partial charge in [0.15, 0.2) is 0 Å². The molecule has 1 atom stereocenters. The molecule has 1 N–H and O–H groups in total. The molecule has 0 radical (unpaired) electrons. The van der Waals surface area contributed by atoms with Crippen LogP contribution < -0.4 is 0 Å². The monoisotopic (exact) mass is 218 g/mol. The van der Waals surface area contributed by atoms with Gasteiger partial charge in [-0.15, -0.1) is 0 Å². The topological polar surface area (TPSA) is 20.2 Å². The fourth-order valence-corrected chi connectivity index (χ4v) is 2.94. The van der Waals surface area contributed by atoms with E-state index in [4.69, 9.17) is 0 Å². The van der Waals surface area contributed by atoms with Crippen LogP contribution in [0.15, 0.2) is 30.3 Å². The second kappa shape index (κ2) is 5.01. The lowest BCUT2D eigenvalue weighted by molar-refractivity contribution is 0.0348. The van der Waals surface area contributed by atoms with E-state index in [9.17, 15) is 5.11 Å². The van der Waals surface area contributed by atoms with Gasteiger partial charge in [0.25, 0.3) is 0 Å². The van der Waals surface area contributed by atoms with Crippen LogP contribution in [0.1, 0.15) is 44.6 Å². The summed E-state index contributed by atoms with van der Waals surface area (Å²) in [6, 6.07) is 10.3. The lowest BCUT2D eigenvalue weighted by atomic mass is 9.86. The molecule has 1 aliphatic carbocycles. The van der Waals surface area contributed by atoms with E-state index in [-0.39, 0.29) is 0 Å². The predicted octanol–water partition coefficient (Wildman–Crippen LogP) is 3.56. The van der Waals surface area contributed by atoms with Crippen molar-refractivity contribution in [1.82, 2.24) is 0 Å². The van der Waals surface area contributed by atoms with Crippen molar-refractivity contribution in [2.45, 2.75) is 51.0 Å². The molecule has 0 heterocycles. The fraction of sp³-hybridized carbons (Fsp3) is 0.600. The van der Waals surface area contributed by atoms with Crippen molar-refractivity contribution in [3.8, 4) is 0 Å². The Kier molecular flexibility index (Phi) is 3.65. The highest BCUT2D eigenvalue weighted by Gasteiger charge is 2.27. The average Bonchev–Trinajstić information content (AvgIpc) is 2.70. The molecule has 1 unspecified atom stereocenters. The summed E-state index contributed by atoms with van der Waals surface area (Å²) in [6.07, 6.45) is 7.07. The minimum atomic E-state index is -0.531. The molecule has 0 bridgehead atoms. The summed E-state index contributed by atoms with van der Waals surface area (Å²) in [4.78, 5) is 0. The largest absolute Gasteiger partial charge is 0.390 e. The van der Waals surface area contributed by atoms with Crippen LogP contribution in [0.3, 0.4) is 0 Å². The first-order valence-electron chi connectivity index (χ1n) is 6.42. The number of rotatable bonds is 4. The Morgan fingerprint density at radius 3 is 2.44 bits per heavy atom. The molecule has 0 aliphatic heterocycles. The smallest absolute Gasteiger partial charge is 0.0662 e. The Morgan fingerprint density at radius 2 is 1.81 bits per heavy atom. The third kappa shape index (κ3) is 3.34. The molecule has 1 aromatic rings. The van der Waals surface area contributed by atoms with Crippen molar-refractivity contribution in [2.24, 2.45) is 5.92 Å². The molecular formula is C15H22O. The van der Waals surface area contributed by atoms with E-state index in [1.165, 1.54) is 31.2 Å². The zero-order chi connectivity index (χ0) is 11.4. The predicted molar refractivity (Wildman–Crippen MR) is 67.3 cm³/mol. The van der Waals surface area contributed by atoms with Crippen molar-refractivity contribution in [2.75, 3.05) is 0 Å². The maximum absolute atomic E-state index is 10.4. The lowest BCUT2D eigenvalue weighted by Gasteiger charge is -2.26. The van der Waals surface area contributed by atoms with Crippen molar-refractivity contribution in [3.63, 3.8) is 0 Å². The molecule has 1 aromatic carbocycles.